The highest BCUT2D eigenvalue weighted by molar-refractivity contribution is 6.01. The van der Waals surface area contributed by atoms with E-state index in [1.165, 1.54) is 0 Å². The minimum atomic E-state index is -0.0191. The number of rotatable bonds is 1. The van der Waals surface area contributed by atoms with Crippen molar-refractivity contribution >= 4 is 11.7 Å². The molecular weight excluding hydrogens is 116 g/mol. The minimum absolute atomic E-state index is 0.0191. The van der Waals surface area contributed by atoms with Crippen LogP contribution in [0.3, 0.4) is 0 Å². The molecule has 0 N–H and O–H groups in total. The van der Waals surface area contributed by atoms with Crippen molar-refractivity contribution in [1.29, 1.82) is 0 Å². The van der Waals surface area contributed by atoms with E-state index >= 15 is 0 Å². The van der Waals surface area contributed by atoms with Gasteiger partial charge in [-0.05, 0) is 0 Å². The van der Waals surface area contributed by atoms with E-state index in [0.29, 0.717) is 6.54 Å². The van der Waals surface area contributed by atoms with E-state index in [0.717, 1.165) is 12.3 Å². The van der Waals surface area contributed by atoms with E-state index in [-0.39, 0.29) is 5.91 Å². The number of likely N-dealkylation sites (N-methyl/N-ethyl adjacent to an activating group) is 1. The fourth-order valence-electron chi connectivity index (χ4n) is 0.908. The van der Waals surface area contributed by atoms with Crippen molar-refractivity contribution in [1.82, 2.24) is 4.90 Å². The summed E-state index contributed by atoms with van der Waals surface area (Å²) in [6.07, 6.45) is 0.849. The molecule has 0 saturated heterocycles. The Balaban J connectivity index is 2.68. The average Bonchev–Trinajstić information content (AvgIpc) is 2.10. The molecule has 0 aromatic rings. The van der Waals surface area contributed by atoms with E-state index in [4.69, 9.17) is 0 Å². The van der Waals surface area contributed by atoms with Crippen LogP contribution >= 0.6 is 0 Å². The average molecular weight is 126 g/mol. The normalized spacial score (nSPS) is 18.7. The molecule has 9 heavy (non-hydrogen) atoms. The highest BCUT2D eigenvalue weighted by Crippen LogP contribution is 2.01. The van der Waals surface area contributed by atoms with Crippen molar-refractivity contribution in [2.75, 3.05) is 13.6 Å². The zero-order valence-electron chi connectivity index (χ0n) is 5.72. The lowest BCUT2D eigenvalue weighted by Crippen LogP contribution is -2.22. The topological polar surface area (TPSA) is 32.7 Å². The van der Waals surface area contributed by atoms with Gasteiger partial charge in [0.15, 0.2) is 0 Å². The third-order valence-electron chi connectivity index (χ3n) is 1.38. The molecule has 1 aliphatic heterocycles. The van der Waals surface area contributed by atoms with Crippen LogP contribution in [0.1, 0.15) is 13.3 Å². The number of carbonyl (C=O) groups is 1. The third-order valence-corrected chi connectivity index (χ3v) is 1.38. The molecule has 0 saturated carbocycles. The van der Waals surface area contributed by atoms with Crippen molar-refractivity contribution in [2.24, 2.45) is 4.99 Å². The van der Waals surface area contributed by atoms with Gasteiger partial charge >= 0.3 is 0 Å². The van der Waals surface area contributed by atoms with Crippen LogP contribution in [-0.4, -0.2) is 30.2 Å². The first kappa shape index (κ1) is 6.26. The Bertz CT molecular complexity index is 162. The number of amides is 1. The molecular formula is C6H10N2O. The molecule has 0 atom stereocenters. The van der Waals surface area contributed by atoms with Crippen LogP contribution in [0.15, 0.2) is 4.99 Å². The Hall–Kier alpha value is -0.860. The standard InChI is InChI=1S/C6H10N2O/c1-3-5-7-6(9)4-8(5)2/h3-4H2,1-2H3. The summed E-state index contributed by atoms with van der Waals surface area (Å²) < 4.78 is 0. The maximum atomic E-state index is 10.6. The number of carbonyl (C=O) groups excluding carboxylic acids is 1. The Labute approximate surface area is 54.4 Å². The predicted molar refractivity (Wildman–Crippen MR) is 35.4 cm³/mol. The van der Waals surface area contributed by atoms with Gasteiger partial charge in [-0.1, -0.05) is 6.92 Å². The second-order valence-corrected chi connectivity index (χ2v) is 2.13. The summed E-state index contributed by atoms with van der Waals surface area (Å²) in [6.45, 7) is 2.46. The molecule has 1 heterocycles. The molecule has 1 rings (SSSR count). The van der Waals surface area contributed by atoms with Crippen LogP contribution in [-0.2, 0) is 4.79 Å². The molecule has 50 valence electrons. The SMILES string of the molecule is CCC1=NC(=O)CN1C. The van der Waals surface area contributed by atoms with Crippen molar-refractivity contribution < 1.29 is 4.79 Å². The van der Waals surface area contributed by atoms with Crippen molar-refractivity contribution in [2.45, 2.75) is 13.3 Å². The molecule has 0 radical (unpaired) electrons. The molecule has 0 aliphatic carbocycles. The first-order valence-electron chi connectivity index (χ1n) is 3.05. The van der Waals surface area contributed by atoms with E-state index in [9.17, 15) is 4.79 Å². The summed E-state index contributed by atoms with van der Waals surface area (Å²) in [5, 5.41) is 0. The van der Waals surface area contributed by atoms with Crippen molar-refractivity contribution in [3.05, 3.63) is 0 Å². The van der Waals surface area contributed by atoms with Gasteiger partial charge in [0.05, 0.1) is 0 Å². The zero-order chi connectivity index (χ0) is 6.85. The van der Waals surface area contributed by atoms with Gasteiger partial charge in [-0.25, -0.2) is 0 Å². The van der Waals surface area contributed by atoms with Gasteiger partial charge in [0.25, 0.3) is 5.91 Å². The van der Waals surface area contributed by atoms with Gasteiger partial charge in [0, 0.05) is 13.5 Å². The van der Waals surface area contributed by atoms with Gasteiger partial charge in [-0.2, -0.15) is 4.99 Å². The molecule has 1 amide bonds. The molecule has 0 bridgehead atoms. The maximum absolute atomic E-state index is 10.6. The molecule has 3 heteroatoms. The summed E-state index contributed by atoms with van der Waals surface area (Å²) in [6, 6.07) is 0. The summed E-state index contributed by atoms with van der Waals surface area (Å²) in [4.78, 5) is 16.3. The number of aliphatic imine (C=N–C) groups is 1. The molecule has 1 aliphatic rings. The van der Waals surface area contributed by atoms with Gasteiger partial charge in [0.1, 0.15) is 12.4 Å². The summed E-state index contributed by atoms with van der Waals surface area (Å²) in [5.41, 5.74) is 0. The summed E-state index contributed by atoms with van der Waals surface area (Å²) in [7, 11) is 1.88. The second-order valence-electron chi connectivity index (χ2n) is 2.13. The van der Waals surface area contributed by atoms with Crippen LogP contribution in [0, 0.1) is 0 Å². The summed E-state index contributed by atoms with van der Waals surface area (Å²) in [5.74, 6) is 0.884. The highest BCUT2D eigenvalue weighted by Gasteiger charge is 2.16. The van der Waals surface area contributed by atoms with Crippen LogP contribution in [0.2, 0.25) is 0 Å². The van der Waals surface area contributed by atoms with E-state index in [2.05, 4.69) is 4.99 Å². The Morgan fingerprint density at radius 1 is 1.78 bits per heavy atom. The highest BCUT2D eigenvalue weighted by atomic mass is 16.2. The summed E-state index contributed by atoms with van der Waals surface area (Å²) >= 11 is 0. The van der Waals surface area contributed by atoms with Crippen molar-refractivity contribution in [3.8, 4) is 0 Å². The smallest absolute Gasteiger partial charge is 0.266 e. The van der Waals surface area contributed by atoms with E-state index in [1.54, 1.807) is 0 Å². The van der Waals surface area contributed by atoms with Gasteiger partial charge < -0.3 is 4.90 Å². The van der Waals surface area contributed by atoms with Crippen LogP contribution < -0.4 is 0 Å². The lowest BCUT2D eigenvalue weighted by Gasteiger charge is -2.08. The molecule has 0 aromatic heterocycles. The first-order chi connectivity index (χ1) is 4.24. The van der Waals surface area contributed by atoms with Crippen LogP contribution in [0.5, 0.6) is 0 Å². The largest absolute Gasteiger partial charge is 0.354 e. The second kappa shape index (κ2) is 2.17. The maximum Gasteiger partial charge on any atom is 0.266 e. The lowest BCUT2D eigenvalue weighted by atomic mass is 10.4. The fraction of sp³-hybridized carbons (Fsp3) is 0.667. The predicted octanol–water partition coefficient (Wildman–Crippen LogP) is 0.267. The molecule has 0 fully saturated rings. The molecule has 0 unspecified atom stereocenters. The monoisotopic (exact) mass is 126 g/mol. The third kappa shape index (κ3) is 1.09. The van der Waals surface area contributed by atoms with Gasteiger partial charge in [-0.3, -0.25) is 4.79 Å². The van der Waals surface area contributed by atoms with E-state index < -0.39 is 0 Å². The Morgan fingerprint density at radius 3 is 2.67 bits per heavy atom. The fourth-order valence-corrected chi connectivity index (χ4v) is 0.908. The number of hydrogen-bond donors (Lipinski definition) is 0. The lowest BCUT2D eigenvalue weighted by molar-refractivity contribution is -0.116. The molecule has 3 nitrogen and oxygen atoms in total. The van der Waals surface area contributed by atoms with Gasteiger partial charge in [-0.15, -0.1) is 0 Å². The zero-order valence-corrected chi connectivity index (χ0v) is 5.72. The van der Waals surface area contributed by atoms with Crippen LogP contribution in [0.25, 0.3) is 0 Å². The van der Waals surface area contributed by atoms with E-state index in [1.807, 2.05) is 18.9 Å². The minimum Gasteiger partial charge on any atom is -0.354 e. The van der Waals surface area contributed by atoms with Crippen LogP contribution in [0.4, 0.5) is 0 Å². The quantitative estimate of drug-likeness (QED) is 0.505. The molecule has 0 spiro atoms. The number of nitrogens with zero attached hydrogens (tertiary/aromatic N) is 2. The number of hydrogen-bond acceptors (Lipinski definition) is 2. The Kier molecular flexibility index (Phi) is 1.51. The van der Waals surface area contributed by atoms with Gasteiger partial charge in [0.2, 0.25) is 0 Å². The Morgan fingerprint density at radius 2 is 2.44 bits per heavy atom. The number of amidine groups is 1. The first-order valence-corrected chi connectivity index (χ1v) is 3.05. The molecule has 0 aromatic carbocycles. The van der Waals surface area contributed by atoms with Crippen molar-refractivity contribution in [3.63, 3.8) is 0 Å².